The van der Waals surface area contributed by atoms with E-state index < -0.39 is 23.6 Å². The normalized spacial score (nSPS) is 16.7. The first-order chi connectivity index (χ1) is 20.7. The monoisotopic (exact) mass is 585 g/mol. The van der Waals surface area contributed by atoms with Crippen LogP contribution >= 0.6 is 0 Å². The summed E-state index contributed by atoms with van der Waals surface area (Å²) >= 11 is 0. The highest BCUT2D eigenvalue weighted by Gasteiger charge is 2.27. The Labute approximate surface area is 246 Å². The van der Waals surface area contributed by atoms with Crippen molar-refractivity contribution in [3.63, 3.8) is 0 Å². The fraction of sp³-hybridized carbons (Fsp3) is 0.267. The Hall–Kier alpha value is -5.22. The number of anilines is 2. The predicted molar refractivity (Wildman–Crippen MR) is 154 cm³/mol. The number of amides is 1. The molecular formula is C30H29F2N9O2. The van der Waals surface area contributed by atoms with Gasteiger partial charge in [0.2, 0.25) is 0 Å². The van der Waals surface area contributed by atoms with E-state index in [1.807, 2.05) is 30.3 Å². The fourth-order valence-electron chi connectivity index (χ4n) is 4.69. The van der Waals surface area contributed by atoms with Crippen LogP contribution in [0.25, 0.3) is 11.3 Å². The number of carbonyl (C=O) groups is 1. The van der Waals surface area contributed by atoms with Gasteiger partial charge in [0.15, 0.2) is 34.7 Å². The summed E-state index contributed by atoms with van der Waals surface area (Å²) in [4.78, 5) is 30.2. The van der Waals surface area contributed by atoms with Crippen LogP contribution in [0.15, 0.2) is 54.9 Å². The zero-order valence-electron chi connectivity index (χ0n) is 23.2. The van der Waals surface area contributed by atoms with E-state index in [1.54, 1.807) is 13.1 Å². The van der Waals surface area contributed by atoms with Crippen molar-refractivity contribution in [2.75, 3.05) is 11.1 Å². The molecule has 1 saturated carbocycles. The number of rotatable bonds is 9. The van der Waals surface area contributed by atoms with Gasteiger partial charge in [-0.1, -0.05) is 30.3 Å². The second-order valence-electron chi connectivity index (χ2n) is 10.2. The van der Waals surface area contributed by atoms with Gasteiger partial charge in [0.05, 0.1) is 24.1 Å². The molecule has 43 heavy (non-hydrogen) atoms. The van der Waals surface area contributed by atoms with Crippen LogP contribution in [0.3, 0.4) is 0 Å². The Morgan fingerprint density at radius 2 is 1.91 bits per heavy atom. The highest BCUT2D eigenvalue weighted by molar-refractivity contribution is 5.97. The van der Waals surface area contributed by atoms with Crippen LogP contribution in [-0.4, -0.2) is 38.0 Å². The second kappa shape index (κ2) is 12.7. The van der Waals surface area contributed by atoms with Crippen LogP contribution < -0.4 is 26.8 Å². The number of nitrogen functional groups attached to an aromatic ring is 1. The number of nitrogens with two attached hydrogens (primary N) is 2. The van der Waals surface area contributed by atoms with Crippen molar-refractivity contribution >= 4 is 17.5 Å². The number of hydrogen-bond acceptors (Lipinski definition) is 10. The van der Waals surface area contributed by atoms with Crippen molar-refractivity contribution in [1.82, 2.24) is 25.3 Å². The summed E-state index contributed by atoms with van der Waals surface area (Å²) < 4.78 is 33.0. The molecule has 1 fully saturated rings. The molecule has 0 radical (unpaired) electrons. The van der Waals surface area contributed by atoms with Gasteiger partial charge >= 0.3 is 0 Å². The topological polar surface area (TPSA) is 178 Å². The average molecular weight is 586 g/mol. The molecule has 0 bridgehead atoms. The van der Waals surface area contributed by atoms with Crippen LogP contribution in [-0.2, 0) is 6.54 Å². The molecule has 2 heterocycles. The first-order valence-electron chi connectivity index (χ1n) is 13.6. The molecule has 11 nitrogen and oxygen atoms in total. The Kier molecular flexibility index (Phi) is 8.68. The number of hydrogen-bond donors (Lipinski definition) is 4. The summed E-state index contributed by atoms with van der Waals surface area (Å²) in [6.45, 7) is 1.90. The van der Waals surface area contributed by atoms with Gasteiger partial charge in [0, 0.05) is 18.2 Å². The molecule has 6 N–H and O–H groups in total. The van der Waals surface area contributed by atoms with Crippen molar-refractivity contribution in [2.24, 2.45) is 5.73 Å². The van der Waals surface area contributed by atoms with Crippen LogP contribution in [0.5, 0.6) is 5.88 Å². The number of nitriles is 1. The number of nitrogens with zero attached hydrogens (tertiary/aromatic N) is 5. The van der Waals surface area contributed by atoms with Gasteiger partial charge in [-0.3, -0.25) is 4.79 Å². The molecule has 4 aromatic rings. The highest BCUT2D eigenvalue weighted by Crippen LogP contribution is 2.28. The first-order valence-corrected chi connectivity index (χ1v) is 13.6. The Balaban J connectivity index is 1.27. The van der Waals surface area contributed by atoms with E-state index in [-0.39, 0.29) is 47.6 Å². The van der Waals surface area contributed by atoms with Crippen molar-refractivity contribution in [3.05, 3.63) is 89.0 Å². The van der Waals surface area contributed by atoms with Gasteiger partial charge in [-0.25, -0.2) is 28.7 Å². The van der Waals surface area contributed by atoms with E-state index in [4.69, 9.17) is 16.2 Å². The van der Waals surface area contributed by atoms with Crippen molar-refractivity contribution < 1.29 is 18.3 Å². The zero-order chi connectivity index (χ0) is 30.5. The molecular weight excluding hydrogens is 556 g/mol. The van der Waals surface area contributed by atoms with Crippen LogP contribution in [0, 0.1) is 23.0 Å². The highest BCUT2D eigenvalue weighted by atomic mass is 19.2. The third-order valence-corrected chi connectivity index (χ3v) is 7.14. The maximum absolute atomic E-state index is 13.7. The van der Waals surface area contributed by atoms with Gasteiger partial charge < -0.3 is 26.8 Å². The van der Waals surface area contributed by atoms with Crippen molar-refractivity contribution in [1.29, 1.82) is 5.26 Å². The third kappa shape index (κ3) is 6.82. The van der Waals surface area contributed by atoms with E-state index in [0.29, 0.717) is 11.3 Å². The van der Waals surface area contributed by atoms with Gasteiger partial charge in [-0.2, -0.15) is 5.26 Å². The quantitative estimate of drug-likeness (QED) is 0.224. The first kappa shape index (κ1) is 29.3. The number of ether oxygens (including phenoxy) is 1. The molecule has 2 aromatic carbocycles. The molecule has 0 saturated heterocycles. The maximum atomic E-state index is 13.7. The van der Waals surface area contributed by atoms with Crippen LogP contribution in [0.1, 0.15) is 59.5 Å². The van der Waals surface area contributed by atoms with E-state index in [0.717, 1.165) is 42.5 Å². The summed E-state index contributed by atoms with van der Waals surface area (Å²) in [6, 6.07) is 12.0. The Morgan fingerprint density at radius 1 is 1.12 bits per heavy atom. The van der Waals surface area contributed by atoms with E-state index in [1.165, 1.54) is 12.3 Å². The standard InChI is InChI=1S/C30H29F2N9O2/c1-16(19-9-10-21(31)22(32)11-19)39-29(42)26-28(38-14-20(12-33)40-26)37-13-17-5-7-18(8-6-17)24-15-36-27(35)30(41-24)43-25-4-2-3-23(25)34/h5-11,14-16,23,25H,2-4,13,34H2,1H3,(H2,35,36)(H,37,38)(H,39,42)/t16-,23+,25+/m0/s1. The van der Waals surface area contributed by atoms with Gasteiger partial charge in [0.1, 0.15) is 12.2 Å². The molecule has 0 unspecified atom stereocenters. The number of aromatic nitrogens is 4. The smallest absolute Gasteiger partial charge is 0.274 e. The molecule has 3 atom stereocenters. The molecule has 1 amide bonds. The lowest BCUT2D eigenvalue weighted by Gasteiger charge is -2.18. The largest absolute Gasteiger partial charge is 0.470 e. The lowest BCUT2D eigenvalue weighted by atomic mass is 10.1. The van der Waals surface area contributed by atoms with Gasteiger partial charge in [-0.15, -0.1) is 0 Å². The summed E-state index contributed by atoms with van der Waals surface area (Å²) in [7, 11) is 0. The van der Waals surface area contributed by atoms with E-state index >= 15 is 0 Å². The number of carbonyl (C=O) groups excluding carboxylic acids is 1. The van der Waals surface area contributed by atoms with Gasteiger partial charge in [-0.05, 0) is 49.4 Å². The summed E-state index contributed by atoms with van der Waals surface area (Å²) in [5, 5.41) is 15.1. The zero-order valence-corrected chi connectivity index (χ0v) is 23.2. The minimum Gasteiger partial charge on any atom is -0.470 e. The van der Waals surface area contributed by atoms with E-state index in [2.05, 4.69) is 30.6 Å². The molecule has 5 rings (SSSR count). The predicted octanol–water partition coefficient (Wildman–Crippen LogP) is 4.03. The van der Waals surface area contributed by atoms with Gasteiger partial charge in [0.25, 0.3) is 11.8 Å². The number of nitrogens with one attached hydrogen (secondary N) is 2. The number of benzene rings is 2. The molecule has 0 aliphatic heterocycles. The summed E-state index contributed by atoms with van der Waals surface area (Å²) in [5.74, 6) is -2.04. The van der Waals surface area contributed by atoms with Crippen molar-refractivity contribution in [3.8, 4) is 23.2 Å². The lowest BCUT2D eigenvalue weighted by molar-refractivity contribution is 0.0935. The van der Waals surface area contributed by atoms with Crippen molar-refractivity contribution in [2.45, 2.75) is 50.9 Å². The maximum Gasteiger partial charge on any atom is 0.274 e. The molecule has 1 aliphatic carbocycles. The lowest BCUT2D eigenvalue weighted by Crippen LogP contribution is -2.34. The molecule has 1 aliphatic rings. The second-order valence-corrected chi connectivity index (χ2v) is 10.2. The summed E-state index contributed by atoms with van der Waals surface area (Å²) in [6.07, 6.45) is 5.40. The van der Waals surface area contributed by atoms with E-state index in [9.17, 15) is 18.8 Å². The third-order valence-electron chi connectivity index (χ3n) is 7.14. The molecule has 0 spiro atoms. The average Bonchev–Trinajstić information content (AvgIpc) is 3.42. The molecule has 220 valence electrons. The minimum atomic E-state index is -1.02. The SMILES string of the molecule is C[C@H](NC(=O)c1nc(C#N)cnc1NCc1ccc(-c2cnc(N)c(O[C@@H]3CCC[C@H]3N)n2)cc1)c1ccc(F)c(F)c1. The molecule has 2 aromatic heterocycles. The van der Waals surface area contributed by atoms with Crippen LogP contribution in [0.2, 0.25) is 0 Å². The summed E-state index contributed by atoms with van der Waals surface area (Å²) in [5.41, 5.74) is 14.5. The minimum absolute atomic E-state index is 0.0524. The molecule has 13 heteroatoms. The fourth-order valence-corrected chi connectivity index (χ4v) is 4.69. The van der Waals surface area contributed by atoms with Crippen LogP contribution in [0.4, 0.5) is 20.4 Å². The Morgan fingerprint density at radius 3 is 2.60 bits per heavy atom. The number of halogens is 2. The Bertz CT molecular complexity index is 1680.